The van der Waals surface area contributed by atoms with E-state index in [0.29, 0.717) is 0 Å². The van der Waals surface area contributed by atoms with Crippen molar-refractivity contribution in [2.75, 3.05) is 28.2 Å². The summed E-state index contributed by atoms with van der Waals surface area (Å²) in [5.74, 6) is 0. The molecule has 0 aliphatic rings. The largest absolute Gasteiger partial charge is 0.412 e. The molecule has 0 aromatic rings. The zero-order valence-corrected chi connectivity index (χ0v) is 7.71. The second kappa shape index (κ2) is 5.67. The third-order valence-corrected chi connectivity index (χ3v) is 0. The van der Waals surface area contributed by atoms with E-state index in [1.807, 2.05) is 0 Å². The first-order valence-corrected chi connectivity index (χ1v) is 3.64. The molecule has 0 atom stereocenters. The van der Waals surface area contributed by atoms with Gasteiger partial charge < -0.3 is 9.96 Å². The Labute approximate surface area is 67.9 Å². The van der Waals surface area contributed by atoms with Crippen molar-refractivity contribution in [1.82, 2.24) is 0 Å². The first-order chi connectivity index (χ1) is 4.00. The van der Waals surface area contributed by atoms with Gasteiger partial charge in [-0.05, 0) is 0 Å². The molecule has 0 fully saturated rings. The van der Waals surface area contributed by atoms with Gasteiger partial charge in [0.2, 0.25) is 0 Å². The predicted molar refractivity (Wildman–Crippen MR) is 27.6 cm³/mol. The van der Waals surface area contributed by atoms with E-state index < -0.39 is 10.2 Å². The van der Waals surface area contributed by atoms with Crippen molar-refractivity contribution < 1.29 is 38.8 Å². The number of hydrogen-bond acceptors (Lipinski definition) is 4. The maximum absolute atomic E-state index is 8.49. The molecule has 0 aromatic carbocycles. The van der Waals surface area contributed by atoms with Crippen molar-refractivity contribution in [1.29, 1.82) is 0 Å². The van der Waals surface area contributed by atoms with Crippen LogP contribution in [0.3, 0.4) is 0 Å². The van der Waals surface area contributed by atoms with Crippen molar-refractivity contribution in [2.24, 2.45) is 0 Å². The van der Waals surface area contributed by atoms with E-state index in [9.17, 15) is 0 Å². The molecular formula is C4H14ClNO5. The molecule has 0 amide bonds. The number of nitrogens with zero attached hydrogens (tertiary/aromatic N) is 1. The van der Waals surface area contributed by atoms with Gasteiger partial charge in [0.15, 0.2) is 0 Å². The Balaban J connectivity index is -0.000000107. The van der Waals surface area contributed by atoms with Crippen molar-refractivity contribution in [2.45, 2.75) is 0 Å². The van der Waals surface area contributed by atoms with E-state index in [-0.39, 0.29) is 5.48 Å². The smallest absolute Gasteiger partial charge is 0.0675 e. The Morgan fingerprint density at radius 2 is 0.818 bits per heavy atom. The van der Waals surface area contributed by atoms with Crippen LogP contribution < -0.4 is 18.6 Å². The summed E-state index contributed by atoms with van der Waals surface area (Å²) in [5.41, 5.74) is 0. The molecule has 0 aliphatic heterocycles. The van der Waals surface area contributed by atoms with Gasteiger partial charge >= 0.3 is 0 Å². The molecule has 0 aliphatic carbocycles. The Bertz CT molecular complexity index is 61.5. The van der Waals surface area contributed by atoms with Crippen molar-refractivity contribution in [3.63, 3.8) is 0 Å². The molecule has 0 bridgehead atoms. The summed E-state index contributed by atoms with van der Waals surface area (Å²) < 4.78 is 35.0. The summed E-state index contributed by atoms with van der Waals surface area (Å²) in [6.45, 7) is 0. The highest BCUT2D eigenvalue weighted by molar-refractivity contribution is 3.87. The van der Waals surface area contributed by atoms with Crippen LogP contribution in [0.5, 0.6) is 0 Å². The molecular weight excluding hydrogens is 177 g/mol. The Morgan fingerprint density at radius 3 is 0.818 bits per heavy atom. The van der Waals surface area contributed by atoms with Crippen LogP contribution in [-0.4, -0.2) is 38.1 Å². The van der Waals surface area contributed by atoms with E-state index in [4.69, 9.17) is 18.6 Å². The van der Waals surface area contributed by atoms with Gasteiger partial charge in [0.05, 0.1) is 28.2 Å². The normalized spacial score (nSPS) is 10.9. The third-order valence-electron chi connectivity index (χ3n) is 0. The van der Waals surface area contributed by atoms with Crippen molar-refractivity contribution >= 4 is 0 Å². The molecule has 0 unspecified atom stereocenters. The van der Waals surface area contributed by atoms with Crippen LogP contribution in [-0.2, 0) is 0 Å². The van der Waals surface area contributed by atoms with Crippen LogP contribution in [0.25, 0.3) is 0 Å². The number of rotatable bonds is 0. The van der Waals surface area contributed by atoms with Gasteiger partial charge in [-0.1, -0.05) is 0 Å². The fraction of sp³-hybridized carbons (Fsp3) is 1.00. The van der Waals surface area contributed by atoms with Gasteiger partial charge in [-0.25, -0.2) is 18.6 Å². The fourth-order valence-corrected chi connectivity index (χ4v) is 0. The monoisotopic (exact) mass is 191 g/mol. The Morgan fingerprint density at radius 1 is 0.818 bits per heavy atom. The molecule has 7 heteroatoms. The van der Waals surface area contributed by atoms with Gasteiger partial charge in [-0.15, -0.1) is 10.2 Å². The van der Waals surface area contributed by atoms with E-state index in [0.717, 1.165) is 4.48 Å². The van der Waals surface area contributed by atoms with E-state index in [2.05, 4.69) is 28.2 Å². The lowest BCUT2D eigenvalue weighted by Crippen LogP contribution is -2.68. The lowest BCUT2D eigenvalue weighted by atomic mass is 10.8. The highest BCUT2D eigenvalue weighted by Gasteiger charge is 1.88. The molecule has 0 saturated heterocycles. The standard InChI is InChI=1S/C4H12N.ClHO4.H2O/c1-5(2,3)4;2-1(3,4)5;/h1-4H3;(H,2,3,4,5);1H2/q+1;;/p-1. The predicted octanol–water partition coefficient (Wildman–Crippen LogP) is -5.26. The second-order valence-electron chi connectivity index (χ2n) is 3.06. The minimum Gasteiger partial charge on any atom is -0.412 e. The molecule has 0 saturated carbocycles. The number of halogens is 1. The highest BCUT2D eigenvalue weighted by Crippen LogP contribution is 1.73. The highest BCUT2D eigenvalue weighted by atomic mass is 35.7. The SMILES string of the molecule is C[N+](C)(C)C.O.[O-][Cl+3]([O-])([O-])[O-]. The minimum absolute atomic E-state index is 0. The van der Waals surface area contributed by atoms with E-state index >= 15 is 0 Å². The van der Waals surface area contributed by atoms with Gasteiger partial charge in [-0.3, -0.25) is 0 Å². The molecule has 0 radical (unpaired) electrons. The second-order valence-corrected chi connectivity index (χ2v) is 3.82. The summed E-state index contributed by atoms with van der Waals surface area (Å²) >= 11 is 0. The van der Waals surface area contributed by atoms with Crippen LogP contribution in [0.2, 0.25) is 0 Å². The van der Waals surface area contributed by atoms with Crippen LogP contribution in [0.15, 0.2) is 0 Å². The average molecular weight is 192 g/mol. The number of hydrogen-bond donors (Lipinski definition) is 0. The molecule has 11 heavy (non-hydrogen) atoms. The van der Waals surface area contributed by atoms with E-state index in [1.54, 1.807) is 0 Å². The molecule has 0 rings (SSSR count). The van der Waals surface area contributed by atoms with Crippen LogP contribution in [0.4, 0.5) is 0 Å². The lowest BCUT2D eigenvalue weighted by Gasteiger charge is -2.17. The summed E-state index contributed by atoms with van der Waals surface area (Å²) in [7, 11) is 3.56. The number of quaternary nitrogens is 1. The Hall–Kier alpha value is 0.0500. The molecule has 72 valence electrons. The summed E-state index contributed by atoms with van der Waals surface area (Å²) in [4.78, 5) is 0. The zero-order chi connectivity index (χ0) is 9.00. The van der Waals surface area contributed by atoms with Crippen LogP contribution in [0, 0.1) is 10.2 Å². The molecule has 0 spiro atoms. The van der Waals surface area contributed by atoms with Gasteiger partial charge in [-0.2, -0.15) is 0 Å². The maximum Gasteiger partial charge on any atom is 0.0675 e. The summed E-state index contributed by atoms with van der Waals surface area (Å²) in [6.07, 6.45) is 0. The van der Waals surface area contributed by atoms with Gasteiger partial charge in [0.25, 0.3) is 0 Å². The third kappa shape index (κ3) is 261000. The molecule has 2 N–H and O–H groups in total. The molecule has 6 nitrogen and oxygen atoms in total. The average Bonchev–Trinajstić information content (AvgIpc) is 1.12. The quantitative estimate of drug-likeness (QED) is 0.355. The summed E-state index contributed by atoms with van der Waals surface area (Å²) in [6, 6.07) is 0. The van der Waals surface area contributed by atoms with Gasteiger partial charge in [0.1, 0.15) is 0 Å². The van der Waals surface area contributed by atoms with Crippen molar-refractivity contribution in [3.8, 4) is 0 Å². The van der Waals surface area contributed by atoms with Gasteiger partial charge in [0, 0.05) is 0 Å². The summed E-state index contributed by atoms with van der Waals surface area (Å²) in [5, 5.41) is 0. The fourth-order valence-electron chi connectivity index (χ4n) is 0. The van der Waals surface area contributed by atoms with Crippen LogP contribution >= 0.6 is 0 Å². The van der Waals surface area contributed by atoms with Crippen molar-refractivity contribution in [3.05, 3.63) is 0 Å². The first kappa shape index (κ1) is 17.2. The lowest BCUT2D eigenvalue weighted by molar-refractivity contribution is -2.00. The molecule has 0 aromatic heterocycles. The minimum atomic E-state index is -4.94. The van der Waals surface area contributed by atoms with Crippen LogP contribution in [0.1, 0.15) is 0 Å². The maximum atomic E-state index is 8.49. The molecule has 0 heterocycles. The van der Waals surface area contributed by atoms with E-state index in [1.165, 1.54) is 0 Å². The first-order valence-electron chi connectivity index (χ1n) is 2.41. The topological polar surface area (TPSA) is 124 Å². The Kier molecular flexibility index (Phi) is 8.88. The zero-order valence-electron chi connectivity index (χ0n) is 6.96.